The SMILES string of the molecule is CC(N)Cc1ccc(N2Cc3ccccc3C2)c(Cl)c1. The minimum Gasteiger partial charge on any atom is -0.362 e. The predicted octanol–water partition coefficient (Wildman–Crippen LogP) is 3.75. The largest absolute Gasteiger partial charge is 0.362 e. The minimum absolute atomic E-state index is 0.160. The smallest absolute Gasteiger partial charge is 0.0642 e. The maximum absolute atomic E-state index is 6.45. The van der Waals surface area contributed by atoms with E-state index in [1.54, 1.807) is 0 Å². The molecule has 3 heteroatoms. The summed E-state index contributed by atoms with van der Waals surface area (Å²) in [5.41, 5.74) is 10.9. The molecule has 2 nitrogen and oxygen atoms in total. The van der Waals surface area contributed by atoms with E-state index >= 15 is 0 Å². The van der Waals surface area contributed by atoms with Crippen LogP contribution in [-0.4, -0.2) is 6.04 Å². The molecule has 0 aromatic heterocycles. The Kier molecular flexibility index (Phi) is 3.68. The summed E-state index contributed by atoms with van der Waals surface area (Å²) in [6.07, 6.45) is 0.861. The molecule has 0 radical (unpaired) electrons. The second-order valence-electron chi connectivity index (χ2n) is 5.59. The summed E-state index contributed by atoms with van der Waals surface area (Å²) in [4.78, 5) is 2.32. The van der Waals surface area contributed by atoms with Crippen LogP contribution in [0.1, 0.15) is 23.6 Å². The van der Waals surface area contributed by atoms with Gasteiger partial charge in [-0.3, -0.25) is 0 Å². The number of fused-ring (bicyclic) bond motifs is 1. The van der Waals surface area contributed by atoms with Crippen molar-refractivity contribution in [3.05, 3.63) is 64.2 Å². The molecule has 0 amide bonds. The highest BCUT2D eigenvalue weighted by molar-refractivity contribution is 6.33. The minimum atomic E-state index is 0.160. The van der Waals surface area contributed by atoms with Crippen molar-refractivity contribution < 1.29 is 0 Å². The van der Waals surface area contributed by atoms with Crippen LogP contribution >= 0.6 is 11.6 Å². The summed E-state index contributed by atoms with van der Waals surface area (Å²) in [6.45, 7) is 3.88. The van der Waals surface area contributed by atoms with Crippen molar-refractivity contribution in [1.82, 2.24) is 0 Å². The Bertz CT molecular complexity index is 597. The molecule has 1 aliphatic heterocycles. The first-order valence-corrected chi connectivity index (χ1v) is 7.37. The molecular formula is C17H19ClN2. The van der Waals surface area contributed by atoms with Crippen molar-refractivity contribution in [2.75, 3.05) is 4.90 Å². The Morgan fingerprint density at radius 3 is 2.35 bits per heavy atom. The number of hydrogen-bond donors (Lipinski definition) is 1. The van der Waals surface area contributed by atoms with Gasteiger partial charge in [-0.25, -0.2) is 0 Å². The van der Waals surface area contributed by atoms with Gasteiger partial charge in [0, 0.05) is 19.1 Å². The van der Waals surface area contributed by atoms with Gasteiger partial charge in [0.1, 0.15) is 0 Å². The standard InChI is InChI=1S/C17H19ClN2/c1-12(19)8-13-6-7-17(16(18)9-13)20-10-14-4-2-3-5-15(14)11-20/h2-7,9,12H,8,10-11,19H2,1H3. The molecule has 3 rings (SSSR count). The Morgan fingerprint density at radius 2 is 1.80 bits per heavy atom. The Morgan fingerprint density at radius 1 is 1.15 bits per heavy atom. The molecule has 0 saturated carbocycles. The molecule has 0 bridgehead atoms. The molecule has 0 fully saturated rings. The van der Waals surface area contributed by atoms with E-state index in [0.29, 0.717) is 0 Å². The monoisotopic (exact) mass is 286 g/mol. The van der Waals surface area contributed by atoms with Crippen LogP contribution in [0.2, 0.25) is 5.02 Å². The van der Waals surface area contributed by atoms with Crippen LogP contribution in [-0.2, 0) is 19.5 Å². The zero-order valence-corrected chi connectivity index (χ0v) is 12.4. The van der Waals surface area contributed by atoms with Crippen LogP contribution in [0.25, 0.3) is 0 Å². The number of nitrogens with zero attached hydrogens (tertiary/aromatic N) is 1. The lowest BCUT2D eigenvalue weighted by Crippen LogP contribution is -2.18. The fourth-order valence-electron chi connectivity index (χ4n) is 2.81. The van der Waals surface area contributed by atoms with Gasteiger partial charge >= 0.3 is 0 Å². The van der Waals surface area contributed by atoms with Gasteiger partial charge in [0.15, 0.2) is 0 Å². The molecule has 1 atom stereocenters. The van der Waals surface area contributed by atoms with E-state index in [4.69, 9.17) is 17.3 Å². The lowest BCUT2D eigenvalue weighted by molar-refractivity contribution is 0.738. The van der Waals surface area contributed by atoms with Crippen molar-refractivity contribution in [3.63, 3.8) is 0 Å². The normalized spacial score (nSPS) is 15.2. The van der Waals surface area contributed by atoms with E-state index in [1.807, 2.05) is 13.0 Å². The van der Waals surface area contributed by atoms with Crippen LogP contribution in [0.4, 0.5) is 5.69 Å². The highest BCUT2D eigenvalue weighted by atomic mass is 35.5. The van der Waals surface area contributed by atoms with Crippen molar-refractivity contribution >= 4 is 17.3 Å². The van der Waals surface area contributed by atoms with Gasteiger partial charge in [0.25, 0.3) is 0 Å². The van der Waals surface area contributed by atoms with Crippen LogP contribution in [0.5, 0.6) is 0 Å². The quantitative estimate of drug-likeness (QED) is 0.931. The zero-order chi connectivity index (χ0) is 14.1. The molecule has 2 N–H and O–H groups in total. The zero-order valence-electron chi connectivity index (χ0n) is 11.6. The van der Waals surface area contributed by atoms with Gasteiger partial charge in [0.05, 0.1) is 10.7 Å². The van der Waals surface area contributed by atoms with Gasteiger partial charge < -0.3 is 10.6 Å². The second-order valence-corrected chi connectivity index (χ2v) is 6.00. The highest BCUT2D eigenvalue weighted by Crippen LogP contribution is 2.33. The van der Waals surface area contributed by atoms with E-state index in [9.17, 15) is 0 Å². The van der Waals surface area contributed by atoms with Gasteiger partial charge in [-0.15, -0.1) is 0 Å². The number of benzene rings is 2. The molecule has 1 aliphatic rings. The third-order valence-electron chi connectivity index (χ3n) is 3.75. The molecule has 0 spiro atoms. The van der Waals surface area contributed by atoms with E-state index in [1.165, 1.54) is 16.7 Å². The van der Waals surface area contributed by atoms with E-state index < -0.39 is 0 Å². The van der Waals surface area contributed by atoms with E-state index in [2.05, 4.69) is 41.3 Å². The predicted molar refractivity (Wildman–Crippen MR) is 85.1 cm³/mol. The number of hydrogen-bond acceptors (Lipinski definition) is 2. The van der Waals surface area contributed by atoms with Crippen molar-refractivity contribution in [2.45, 2.75) is 32.5 Å². The Labute approximate surface area is 125 Å². The summed E-state index contributed by atoms with van der Waals surface area (Å²) in [5.74, 6) is 0. The summed E-state index contributed by atoms with van der Waals surface area (Å²) in [7, 11) is 0. The number of anilines is 1. The average Bonchev–Trinajstić information content (AvgIpc) is 2.81. The molecule has 1 unspecified atom stereocenters. The van der Waals surface area contributed by atoms with Crippen LogP contribution in [0.15, 0.2) is 42.5 Å². The fourth-order valence-corrected chi connectivity index (χ4v) is 3.13. The first kappa shape index (κ1) is 13.5. The van der Waals surface area contributed by atoms with Gasteiger partial charge in [-0.1, -0.05) is 41.9 Å². The first-order chi connectivity index (χ1) is 9.63. The second kappa shape index (κ2) is 5.47. The molecule has 2 aromatic rings. The van der Waals surface area contributed by atoms with Crippen molar-refractivity contribution in [1.29, 1.82) is 0 Å². The van der Waals surface area contributed by atoms with Gasteiger partial charge in [0.2, 0.25) is 0 Å². The van der Waals surface area contributed by atoms with Crippen LogP contribution in [0.3, 0.4) is 0 Å². The lowest BCUT2D eigenvalue weighted by Gasteiger charge is -2.20. The van der Waals surface area contributed by atoms with Crippen LogP contribution in [0, 0.1) is 0 Å². The molecule has 20 heavy (non-hydrogen) atoms. The van der Waals surface area contributed by atoms with Gasteiger partial charge in [-0.2, -0.15) is 0 Å². The summed E-state index contributed by atoms with van der Waals surface area (Å²) >= 11 is 6.45. The summed E-state index contributed by atoms with van der Waals surface area (Å²) < 4.78 is 0. The maximum atomic E-state index is 6.45. The average molecular weight is 287 g/mol. The molecule has 104 valence electrons. The third-order valence-corrected chi connectivity index (χ3v) is 4.05. The van der Waals surface area contributed by atoms with E-state index in [0.717, 1.165) is 30.2 Å². The number of rotatable bonds is 3. The van der Waals surface area contributed by atoms with Gasteiger partial charge in [-0.05, 0) is 42.2 Å². The molecule has 1 heterocycles. The Balaban J connectivity index is 1.82. The summed E-state index contributed by atoms with van der Waals surface area (Å²) in [6, 6.07) is 15.0. The molecule has 0 aliphatic carbocycles. The Hall–Kier alpha value is -1.51. The third kappa shape index (κ3) is 2.67. The van der Waals surface area contributed by atoms with Crippen LogP contribution < -0.4 is 10.6 Å². The molecule has 0 saturated heterocycles. The topological polar surface area (TPSA) is 29.3 Å². The first-order valence-electron chi connectivity index (χ1n) is 6.99. The lowest BCUT2D eigenvalue weighted by atomic mass is 10.1. The maximum Gasteiger partial charge on any atom is 0.0642 e. The highest BCUT2D eigenvalue weighted by Gasteiger charge is 2.20. The van der Waals surface area contributed by atoms with E-state index in [-0.39, 0.29) is 6.04 Å². The molecule has 2 aromatic carbocycles. The summed E-state index contributed by atoms with van der Waals surface area (Å²) in [5, 5.41) is 0.816. The molecular weight excluding hydrogens is 268 g/mol. The number of nitrogens with two attached hydrogens (primary N) is 1. The number of halogens is 1. The fraction of sp³-hybridized carbons (Fsp3) is 0.294. The van der Waals surface area contributed by atoms with Crippen molar-refractivity contribution in [2.24, 2.45) is 5.73 Å². The van der Waals surface area contributed by atoms with Crippen molar-refractivity contribution in [3.8, 4) is 0 Å².